The van der Waals surface area contributed by atoms with E-state index >= 15 is 0 Å². The summed E-state index contributed by atoms with van der Waals surface area (Å²) < 4.78 is 31.0. The molecule has 0 bridgehead atoms. The number of rotatable bonds is 5. The van der Waals surface area contributed by atoms with Crippen LogP contribution in [0.3, 0.4) is 0 Å². The van der Waals surface area contributed by atoms with Crippen LogP contribution < -0.4 is 9.88 Å². The molecule has 0 aliphatic rings. The summed E-state index contributed by atoms with van der Waals surface area (Å²) in [5, 5.41) is 5.26. The molecule has 7 heteroatoms. The van der Waals surface area contributed by atoms with Crippen LogP contribution in [0.15, 0.2) is 29.4 Å². The lowest BCUT2D eigenvalue weighted by Gasteiger charge is -2.14. The zero-order valence-electron chi connectivity index (χ0n) is 12.3. The Kier molecular flexibility index (Phi) is 4.34. The monoisotopic (exact) mass is 309 g/mol. The van der Waals surface area contributed by atoms with E-state index in [9.17, 15) is 8.42 Å². The standard InChI is InChI=1S/C14H19N3O3S/c1-10-8-11(2)14(13(9-10)21(15,18)19)20-7-6-17-5-4-16-12(17)3/h4-5,8-9H,6-7H2,1-3H3,(H2,15,18,19). The van der Waals surface area contributed by atoms with Gasteiger partial charge in [-0.3, -0.25) is 0 Å². The highest BCUT2D eigenvalue weighted by atomic mass is 32.2. The molecule has 0 saturated heterocycles. The van der Waals surface area contributed by atoms with E-state index in [-0.39, 0.29) is 4.90 Å². The van der Waals surface area contributed by atoms with E-state index in [4.69, 9.17) is 9.88 Å². The first kappa shape index (κ1) is 15.5. The molecule has 0 radical (unpaired) electrons. The summed E-state index contributed by atoms with van der Waals surface area (Å²) in [5.41, 5.74) is 1.58. The molecule has 0 fully saturated rings. The molecule has 1 aromatic heterocycles. The number of nitrogens with two attached hydrogens (primary N) is 1. The minimum atomic E-state index is -3.82. The number of aryl methyl sites for hydroxylation is 3. The van der Waals surface area contributed by atoms with Gasteiger partial charge in [-0.25, -0.2) is 18.5 Å². The third-order valence-electron chi connectivity index (χ3n) is 3.19. The molecule has 0 aliphatic heterocycles. The van der Waals surface area contributed by atoms with Crippen molar-refractivity contribution in [3.63, 3.8) is 0 Å². The lowest BCUT2D eigenvalue weighted by Crippen LogP contribution is -2.16. The molecule has 0 aliphatic carbocycles. The van der Waals surface area contributed by atoms with Crippen molar-refractivity contribution in [1.82, 2.24) is 9.55 Å². The molecule has 2 N–H and O–H groups in total. The van der Waals surface area contributed by atoms with E-state index in [1.807, 2.05) is 30.7 Å². The number of hydrogen-bond acceptors (Lipinski definition) is 4. The van der Waals surface area contributed by atoms with Gasteiger partial charge in [-0.1, -0.05) is 6.07 Å². The van der Waals surface area contributed by atoms with Crippen molar-refractivity contribution in [3.05, 3.63) is 41.5 Å². The molecule has 114 valence electrons. The molecule has 21 heavy (non-hydrogen) atoms. The van der Waals surface area contributed by atoms with Gasteiger partial charge in [0, 0.05) is 12.4 Å². The second-order valence-electron chi connectivity index (χ2n) is 4.97. The maximum Gasteiger partial charge on any atom is 0.241 e. The summed E-state index contributed by atoms with van der Waals surface area (Å²) in [6.07, 6.45) is 3.56. The Balaban J connectivity index is 2.22. The minimum absolute atomic E-state index is 0.0300. The molecule has 0 atom stereocenters. The number of hydrogen-bond donors (Lipinski definition) is 1. The van der Waals surface area contributed by atoms with Gasteiger partial charge in [0.05, 0.1) is 6.54 Å². The summed E-state index contributed by atoms with van der Waals surface area (Å²) in [7, 11) is -3.82. The molecule has 6 nitrogen and oxygen atoms in total. The van der Waals surface area contributed by atoms with Crippen molar-refractivity contribution in [1.29, 1.82) is 0 Å². The molecule has 0 amide bonds. The smallest absolute Gasteiger partial charge is 0.241 e. The van der Waals surface area contributed by atoms with Crippen molar-refractivity contribution in [3.8, 4) is 5.75 Å². The van der Waals surface area contributed by atoms with Crippen LogP contribution in [-0.2, 0) is 16.6 Å². The van der Waals surface area contributed by atoms with Crippen LogP contribution in [0.5, 0.6) is 5.75 Å². The Morgan fingerprint density at radius 3 is 2.57 bits per heavy atom. The first-order chi connectivity index (χ1) is 9.79. The SMILES string of the molecule is Cc1cc(C)c(OCCn2ccnc2C)c(S(N)(=O)=O)c1. The summed E-state index contributed by atoms with van der Waals surface area (Å²) >= 11 is 0. The highest BCUT2D eigenvalue weighted by molar-refractivity contribution is 7.89. The van der Waals surface area contributed by atoms with Crippen LogP contribution in [0.4, 0.5) is 0 Å². The summed E-state index contributed by atoms with van der Waals surface area (Å²) in [6.45, 7) is 6.44. The lowest BCUT2D eigenvalue weighted by molar-refractivity contribution is 0.288. The summed E-state index contributed by atoms with van der Waals surface area (Å²) in [4.78, 5) is 4.15. The Morgan fingerprint density at radius 1 is 1.29 bits per heavy atom. The highest BCUT2D eigenvalue weighted by Crippen LogP contribution is 2.28. The number of benzene rings is 1. The molecule has 1 aromatic carbocycles. The van der Waals surface area contributed by atoms with Gasteiger partial charge in [0.1, 0.15) is 23.1 Å². The number of sulfonamides is 1. The number of imidazole rings is 1. The van der Waals surface area contributed by atoms with Crippen molar-refractivity contribution < 1.29 is 13.2 Å². The van der Waals surface area contributed by atoms with Gasteiger partial charge in [0.15, 0.2) is 0 Å². The predicted molar refractivity (Wildman–Crippen MR) is 79.7 cm³/mol. The van der Waals surface area contributed by atoms with Crippen LogP contribution in [0, 0.1) is 20.8 Å². The number of primary sulfonamides is 1. The topological polar surface area (TPSA) is 87.2 Å². The average Bonchev–Trinajstić information content (AvgIpc) is 2.76. The molecule has 0 saturated carbocycles. The third-order valence-corrected chi connectivity index (χ3v) is 4.11. The maximum absolute atomic E-state index is 11.7. The van der Waals surface area contributed by atoms with Gasteiger partial charge in [0.2, 0.25) is 10.0 Å². The first-order valence-corrected chi connectivity index (χ1v) is 8.08. The molecule has 1 heterocycles. The zero-order valence-corrected chi connectivity index (χ0v) is 13.1. The van der Waals surface area contributed by atoms with Gasteiger partial charge in [-0.2, -0.15) is 0 Å². The largest absolute Gasteiger partial charge is 0.490 e. The van der Waals surface area contributed by atoms with Crippen molar-refractivity contribution >= 4 is 10.0 Å². The van der Waals surface area contributed by atoms with Crippen LogP contribution in [-0.4, -0.2) is 24.6 Å². The quantitative estimate of drug-likeness (QED) is 0.907. The second-order valence-corrected chi connectivity index (χ2v) is 6.50. The fraction of sp³-hybridized carbons (Fsp3) is 0.357. The fourth-order valence-corrected chi connectivity index (χ4v) is 3.03. The summed E-state index contributed by atoms with van der Waals surface area (Å²) in [5.74, 6) is 1.20. The first-order valence-electron chi connectivity index (χ1n) is 6.53. The van der Waals surface area contributed by atoms with E-state index in [1.54, 1.807) is 13.1 Å². The summed E-state index contributed by atoms with van der Waals surface area (Å²) in [6, 6.07) is 3.40. The molecule has 0 spiro atoms. The number of ether oxygens (including phenoxy) is 1. The third kappa shape index (κ3) is 3.62. The van der Waals surface area contributed by atoms with E-state index in [0.717, 1.165) is 17.0 Å². The van der Waals surface area contributed by atoms with Crippen LogP contribution >= 0.6 is 0 Å². The van der Waals surface area contributed by atoms with Gasteiger partial charge < -0.3 is 9.30 Å². The van der Waals surface area contributed by atoms with E-state index in [0.29, 0.717) is 18.9 Å². The molecular formula is C14H19N3O3S. The Hall–Kier alpha value is -1.86. The fourth-order valence-electron chi connectivity index (χ4n) is 2.20. The molecular weight excluding hydrogens is 290 g/mol. The molecule has 2 aromatic rings. The second kappa shape index (κ2) is 5.87. The lowest BCUT2D eigenvalue weighted by atomic mass is 10.1. The molecule has 0 unspecified atom stereocenters. The Morgan fingerprint density at radius 2 is 2.00 bits per heavy atom. The minimum Gasteiger partial charge on any atom is -0.490 e. The Labute approximate surface area is 124 Å². The number of nitrogens with zero attached hydrogens (tertiary/aromatic N) is 2. The van der Waals surface area contributed by atoms with Crippen LogP contribution in [0.1, 0.15) is 17.0 Å². The predicted octanol–water partition coefficient (Wildman–Crippen LogP) is 1.53. The van der Waals surface area contributed by atoms with E-state index in [2.05, 4.69) is 4.98 Å². The van der Waals surface area contributed by atoms with Crippen molar-refractivity contribution in [2.24, 2.45) is 5.14 Å². The van der Waals surface area contributed by atoms with E-state index < -0.39 is 10.0 Å². The molecule has 2 rings (SSSR count). The highest BCUT2D eigenvalue weighted by Gasteiger charge is 2.18. The van der Waals surface area contributed by atoms with Crippen molar-refractivity contribution in [2.75, 3.05) is 6.61 Å². The average molecular weight is 309 g/mol. The van der Waals surface area contributed by atoms with Gasteiger partial charge in [0.25, 0.3) is 0 Å². The number of aromatic nitrogens is 2. The van der Waals surface area contributed by atoms with Crippen LogP contribution in [0.2, 0.25) is 0 Å². The van der Waals surface area contributed by atoms with Gasteiger partial charge >= 0.3 is 0 Å². The maximum atomic E-state index is 11.7. The normalized spacial score (nSPS) is 11.6. The van der Waals surface area contributed by atoms with Gasteiger partial charge in [-0.05, 0) is 38.0 Å². The zero-order chi connectivity index (χ0) is 15.6. The Bertz CT molecular complexity index is 751. The van der Waals surface area contributed by atoms with Gasteiger partial charge in [-0.15, -0.1) is 0 Å². The van der Waals surface area contributed by atoms with Crippen LogP contribution in [0.25, 0.3) is 0 Å². The van der Waals surface area contributed by atoms with E-state index in [1.165, 1.54) is 6.07 Å². The van der Waals surface area contributed by atoms with Crippen molar-refractivity contribution in [2.45, 2.75) is 32.2 Å².